The molecular weight excluding hydrogens is 213 g/mol. The molecule has 4 nitrogen and oxygen atoms in total. The van der Waals surface area contributed by atoms with Crippen LogP contribution in [-0.4, -0.2) is 29.3 Å². The number of aliphatic hydroxyl groups is 1. The zero-order valence-corrected chi connectivity index (χ0v) is 9.40. The van der Waals surface area contributed by atoms with Crippen molar-refractivity contribution in [2.45, 2.75) is 25.4 Å². The second kappa shape index (κ2) is 4.57. The molecule has 1 N–H and O–H groups in total. The standard InChI is InChI=1S/C11H14FNO3/c1-11(2,9(14)10(15)16-3)8-7(12)5-4-6-13-8/h4-6,9,14H,1-3H3. The van der Waals surface area contributed by atoms with Crippen LogP contribution in [-0.2, 0) is 14.9 Å². The number of nitrogens with zero attached hydrogens (tertiary/aromatic N) is 1. The maximum atomic E-state index is 13.5. The highest BCUT2D eigenvalue weighted by atomic mass is 19.1. The Balaban J connectivity index is 3.11. The number of hydrogen-bond acceptors (Lipinski definition) is 4. The second-order valence-corrected chi connectivity index (χ2v) is 3.98. The first-order valence-corrected chi connectivity index (χ1v) is 4.78. The van der Waals surface area contributed by atoms with Gasteiger partial charge in [-0.05, 0) is 12.1 Å². The molecule has 1 heterocycles. The van der Waals surface area contributed by atoms with Gasteiger partial charge in [0.2, 0.25) is 0 Å². The molecule has 1 atom stereocenters. The predicted octanol–water partition coefficient (Wildman–Crippen LogP) is 1.03. The van der Waals surface area contributed by atoms with Gasteiger partial charge in [-0.15, -0.1) is 0 Å². The first-order valence-electron chi connectivity index (χ1n) is 4.78. The first kappa shape index (κ1) is 12.6. The van der Waals surface area contributed by atoms with Crippen molar-refractivity contribution in [3.8, 4) is 0 Å². The molecule has 0 amide bonds. The lowest BCUT2D eigenvalue weighted by Gasteiger charge is -2.28. The fourth-order valence-electron chi connectivity index (χ4n) is 1.40. The van der Waals surface area contributed by atoms with Gasteiger partial charge in [-0.2, -0.15) is 0 Å². The molecule has 0 aliphatic rings. The highest BCUT2D eigenvalue weighted by Gasteiger charge is 2.39. The van der Waals surface area contributed by atoms with E-state index in [2.05, 4.69) is 9.72 Å². The van der Waals surface area contributed by atoms with Gasteiger partial charge < -0.3 is 9.84 Å². The number of ether oxygens (including phenoxy) is 1. The molecule has 0 bridgehead atoms. The van der Waals surface area contributed by atoms with E-state index in [0.29, 0.717) is 0 Å². The van der Waals surface area contributed by atoms with Gasteiger partial charge in [0.1, 0.15) is 5.82 Å². The monoisotopic (exact) mass is 227 g/mol. The van der Waals surface area contributed by atoms with Gasteiger partial charge in [-0.25, -0.2) is 9.18 Å². The van der Waals surface area contributed by atoms with Crippen LogP contribution in [0.25, 0.3) is 0 Å². The SMILES string of the molecule is COC(=O)C(O)C(C)(C)c1ncccc1F. The Bertz CT molecular complexity index is 393. The van der Waals surface area contributed by atoms with Gasteiger partial charge in [0.15, 0.2) is 6.10 Å². The van der Waals surface area contributed by atoms with Crippen LogP contribution < -0.4 is 0 Å². The van der Waals surface area contributed by atoms with E-state index >= 15 is 0 Å². The topological polar surface area (TPSA) is 59.4 Å². The third-order valence-electron chi connectivity index (χ3n) is 2.48. The summed E-state index contributed by atoms with van der Waals surface area (Å²) < 4.78 is 17.9. The van der Waals surface area contributed by atoms with Crippen LogP contribution in [0.4, 0.5) is 4.39 Å². The Morgan fingerprint density at radius 1 is 1.62 bits per heavy atom. The van der Waals surface area contributed by atoms with E-state index in [1.807, 2.05) is 0 Å². The summed E-state index contributed by atoms with van der Waals surface area (Å²) in [6.07, 6.45) is -0.0497. The highest BCUT2D eigenvalue weighted by molar-refractivity contribution is 5.76. The lowest BCUT2D eigenvalue weighted by molar-refractivity contribution is -0.154. The van der Waals surface area contributed by atoms with E-state index in [1.165, 1.54) is 32.2 Å². The van der Waals surface area contributed by atoms with Gasteiger partial charge >= 0.3 is 5.97 Å². The van der Waals surface area contributed by atoms with Crippen LogP contribution in [0.2, 0.25) is 0 Å². The molecule has 88 valence electrons. The molecule has 1 aromatic rings. The molecule has 1 rings (SSSR count). The van der Waals surface area contributed by atoms with E-state index in [0.717, 1.165) is 7.11 Å². The summed E-state index contributed by atoms with van der Waals surface area (Å²) in [7, 11) is 1.16. The Morgan fingerprint density at radius 3 is 2.75 bits per heavy atom. The summed E-state index contributed by atoms with van der Waals surface area (Å²) in [5.74, 6) is -1.37. The summed E-state index contributed by atoms with van der Waals surface area (Å²) in [4.78, 5) is 15.1. The number of rotatable bonds is 3. The number of hydrogen-bond donors (Lipinski definition) is 1. The van der Waals surface area contributed by atoms with Crippen LogP contribution in [0.1, 0.15) is 19.5 Å². The molecule has 0 saturated heterocycles. The van der Waals surface area contributed by atoms with Gasteiger partial charge in [-0.1, -0.05) is 13.8 Å². The minimum atomic E-state index is -1.46. The van der Waals surface area contributed by atoms with Crippen LogP contribution >= 0.6 is 0 Å². The van der Waals surface area contributed by atoms with E-state index in [4.69, 9.17) is 0 Å². The molecule has 1 aromatic heterocycles. The largest absolute Gasteiger partial charge is 0.467 e. The number of halogens is 1. The minimum Gasteiger partial charge on any atom is -0.467 e. The number of carbonyl (C=O) groups excluding carboxylic acids is 1. The highest BCUT2D eigenvalue weighted by Crippen LogP contribution is 2.27. The normalized spacial score (nSPS) is 13.3. The number of methoxy groups -OCH3 is 1. The third kappa shape index (κ3) is 2.19. The number of aliphatic hydroxyl groups excluding tert-OH is 1. The van der Waals surface area contributed by atoms with Crippen molar-refractivity contribution in [2.75, 3.05) is 7.11 Å². The molecule has 16 heavy (non-hydrogen) atoms. The lowest BCUT2D eigenvalue weighted by atomic mass is 9.82. The summed E-state index contributed by atoms with van der Waals surface area (Å²) in [6.45, 7) is 3.06. The Hall–Kier alpha value is -1.49. The second-order valence-electron chi connectivity index (χ2n) is 3.98. The number of aromatic nitrogens is 1. The molecule has 5 heteroatoms. The van der Waals surface area contributed by atoms with Crippen molar-refractivity contribution in [3.05, 3.63) is 29.8 Å². The van der Waals surface area contributed by atoms with Crippen LogP contribution in [0.5, 0.6) is 0 Å². The molecule has 0 aromatic carbocycles. The molecule has 0 aliphatic heterocycles. The Kier molecular flexibility index (Phi) is 3.59. The predicted molar refractivity (Wildman–Crippen MR) is 55.2 cm³/mol. The average Bonchev–Trinajstić information content (AvgIpc) is 2.27. The summed E-state index contributed by atoms with van der Waals surface area (Å²) in [5.41, 5.74) is -1.11. The fraction of sp³-hybridized carbons (Fsp3) is 0.455. The zero-order chi connectivity index (χ0) is 12.3. The molecule has 0 spiro atoms. The van der Waals surface area contributed by atoms with Gasteiger partial charge in [0.25, 0.3) is 0 Å². The Labute approximate surface area is 93.1 Å². The molecule has 0 aliphatic carbocycles. The van der Waals surface area contributed by atoms with Crippen LogP contribution in [0.15, 0.2) is 18.3 Å². The molecule has 0 radical (unpaired) electrons. The molecular formula is C11H14FNO3. The smallest absolute Gasteiger partial charge is 0.335 e. The minimum absolute atomic E-state index is 0.0351. The van der Waals surface area contributed by atoms with Gasteiger partial charge in [-0.3, -0.25) is 4.98 Å². The molecule has 0 saturated carbocycles. The zero-order valence-electron chi connectivity index (χ0n) is 9.40. The third-order valence-corrected chi connectivity index (χ3v) is 2.48. The van der Waals surface area contributed by atoms with E-state index in [1.54, 1.807) is 0 Å². The lowest BCUT2D eigenvalue weighted by Crippen LogP contribution is -2.41. The number of carbonyl (C=O) groups is 1. The van der Waals surface area contributed by atoms with Crippen molar-refractivity contribution < 1.29 is 19.0 Å². The number of pyridine rings is 1. The van der Waals surface area contributed by atoms with Crippen molar-refractivity contribution in [2.24, 2.45) is 0 Å². The van der Waals surface area contributed by atoms with Crippen molar-refractivity contribution in [1.82, 2.24) is 4.98 Å². The van der Waals surface area contributed by atoms with Gasteiger partial charge in [0, 0.05) is 11.6 Å². The van der Waals surface area contributed by atoms with Crippen LogP contribution in [0.3, 0.4) is 0 Å². The summed E-state index contributed by atoms with van der Waals surface area (Å²) in [5, 5.41) is 9.74. The first-order chi connectivity index (χ1) is 7.41. The van der Waals surface area contributed by atoms with E-state index in [-0.39, 0.29) is 5.69 Å². The molecule has 1 unspecified atom stereocenters. The maximum absolute atomic E-state index is 13.5. The van der Waals surface area contributed by atoms with Gasteiger partial charge in [0.05, 0.1) is 12.8 Å². The quantitative estimate of drug-likeness (QED) is 0.783. The van der Waals surface area contributed by atoms with Crippen molar-refractivity contribution in [1.29, 1.82) is 0 Å². The summed E-state index contributed by atoms with van der Waals surface area (Å²) in [6, 6.07) is 2.67. The number of esters is 1. The molecule has 0 fully saturated rings. The Morgan fingerprint density at radius 2 is 2.25 bits per heavy atom. The average molecular weight is 227 g/mol. The van der Waals surface area contributed by atoms with E-state index in [9.17, 15) is 14.3 Å². The van der Waals surface area contributed by atoms with Crippen LogP contribution in [0, 0.1) is 5.82 Å². The summed E-state index contributed by atoms with van der Waals surface area (Å²) >= 11 is 0. The fourth-order valence-corrected chi connectivity index (χ4v) is 1.40. The van der Waals surface area contributed by atoms with Crippen molar-refractivity contribution in [3.63, 3.8) is 0 Å². The van der Waals surface area contributed by atoms with E-state index < -0.39 is 23.3 Å². The maximum Gasteiger partial charge on any atom is 0.335 e. The van der Waals surface area contributed by atoms with Crippen molar-refractivity contribution >= 4 is 5.97 Å².